The van der Waals surface area contributed by atoms with Crippen molar-refractivity contribution in [1.29, 1.82) is 5.26 Å². The molecule has 2 aliphatic rings. The lowest BCUT2D eigenvalue weighted by atomic mass is 10.2. The summed E-state index contributed by atoms with van der Waals surface area (Å²) in [5.74, 6) is 1.39. The molecule has 0 bridgehead atoms. The summed E-state index contributed by atoms with van der Waals surface area (Å²) in [6.45, 7) is 2.40. The summed E-state index contributed by atoms with van der Waals surface area (Å²) < 4.78 is 10.8. The van der Waals surface area contributed by atoms with Crippen molar-refractivity contribution in [3.63, 3.8) is 0 Å². The molecule has 3 atom stereocenters. The first-order chi connectivity index (χ1) is 8.28. The van der Waals surface area contributed by atoms with Gasteiger partial charge in [-0.1, -0.05) is 5.16 Å². The Kier molecular flexibility index (Phi) is 2.57. The van der Waals surface area contributed by atoms with Gasteiger partial charge in [-0.25, -0.2) is 0 Å². The molecule has 1 aliphatic heterocycles. The van der Waals surface area contributed by atoms with Crippen LogP contribution in [-0.2, 0) is 4.74 Å². The Morgan fingerprint density at radius 1 is 1.53 bits per heavy atom. The molecular formula is C11H14N4O2. The van der Waals surface area contributed by atoms with Crippen molar-refractivity contribution in [3.8, 4) is 6.07 Å². The lowest BCUT2D eigenvalue weighted by Gasteiger charge is -2.27. The van der Waals surface area contributed by atoms with E-state index >= 15 is 0 Å². The molecule has 3 rings (SSSR count). The van der Waals surface area contributed by atoms with E-state index in [-0.39, 0.29) is 17.9 Å². The van der Waals surface area contributed by atoms with Gasteiger partial charge < -0.3 is 14.2 Å². The van der Waals surface area contributed by atoms with E-state index in [1.165, 1.54) is 0 Å². The minimum Gasteiger partial charge on any atom is -0.367 e. The van der Waals surface area contributed by atoms with Crippen LogP contribution in [0.25, 0.3) is 0 Å². The van der Waals surface area contributed by atoms with Gasteiger partial charge in [0.15, 0.2) is 0 Å². The number of aromatic nitrogens is 2. The quantitative estimate of drug-likeness (QED) is 0.749. The number of nitrogens with zero attached hydrogens (tertiary/aromatic N) is 4. The zero-order chi connectivity index (χ0) is 11.8. The minimum atomic E-state index is -0.106. The fraction of sp³-hybridized carbons (Fsp3) is 0.727. The van der Waals surface area contributed by atoms with Crippen LogP contribution in [0.5, 0.6) is 0 Å². The number of hydrogen-bond donors (Lipinski definition) is 0. The zero-order valence-electron chi connectivity index (χ0n) is 9.67. The van der Waals surface area contributed by atoms with E-state index in [9.17, 15) is 0 Å². The predicted molar refractivity (Wildman–Crippen MR) is 56.9 cm³/mol. The smallest absolute Gasteiger partial charge is 0.231 e. The number of morpholine rings is 1. The molecule has 1 saturated carbocycles. The second-order valence-electron chi connectivity index (χ2n) is 4.69. The van der Waals surface area contributed by atoms with Crippen LogP contribution < -0.4 is 0 Å². The van der Waals surface area contributed by atoms with Crippen LogP contribution in [-0.4, -0.2) is 41.8 Å². The van der Waals surface area contributed by atoms with Crippen molar-refractivity contribution in [3.05, 3.63) is 11.7 Å². The highest BCUT2D eigenvalue weighted by Crippen LogP contribution is 2.46. The van der Waals surface area contributed by atoms with Crippen molar-refractivity contribution >= 4 is 0 Å². The summed E-state index contributed by atoms with van der Waals surface area (Å²) in [4.78, 5) is 6.53. The third kappa shape index (κ3) is 2.04. The Morgan fingerprint density at radius 2 is 2.41 bits per heavy atom. The summed E-state index contributed by atoms with van der Waals surface area (Å²) in [6, 6.07) is 2.22. The number of likely N-dealkylation sites (N-methyl/N-ethyl adjacent to an activating group) is 1. The van der Waals surface area contributed by atoms with Gasteiger partial charge in [0.25, 0.3) is 0 Å². The lowest BCUT2D eigenvalue weighted by Crippen LogP contribution is -2.35. The Labute approximate surface area is 99.2 Å². The van der Waals surface area contributed by atoms with Gasteiger partial charge in [-0.05, 0) is 13.5 Å². The second-order valence-corrected chi connectivity index (χ2v) is 4.69. The molecule has 0 aromatic carbocycles. The van der Waals surface area contributed by atoms with E-state index in [1.807, 2.05) is 7.05 Å². The molecular weight excluding hydrogens is 220 g/mol. The number of ether oxygens (including phenoxy) is 1. The highest BCUT2D eigenvalue weighted by molar-refractivity contribution is 5.15. The topological polar surface area (TPSA) is 75.2 Å². The van der Waals surface area contributed by atoms with Gasteiger partial charge in [0.05, 0.1) is 24.5 Å². The molecule has 2 heterocycles. The highest BCUT2D eigenvalue weighted by Gasteiger charge is 2.43. The van der Waals surface area contributed by atoms with Crippen molar-refractivity contribution in [2.75, 3.05) is 26.7 Å². The molecule has 3 unspecified atom stereocenters. The van der Waals surface area contributed by atoms with E-state index in [0.717, 1.165) is 19.5 Å². The summed E-state index contributed by atoms with van der Waals surface area (Å²) in [6.07, 6.45) is 0.731. The van der Waals surface area contributed by atoms with Gasteiger partial charge in [-0.15, -0.1) is 0 Å². The maximum Gasteiger partial charge on any atom is 0.231 e. The minimum absolute atomic E-state index is 0.0539. The predicted octanol–water partition coefficient (Wildman–Crippen LogP) is 0.700. The van der Waals surface area contributed by atoms with Crippen LogP contribution in [0.1, 0.15) is 30.2 Å². The fourth-order valence-corrected chi connectivity index (χ4v) is 2.07. The fourth-order valence-electron chi connectivity index (χ4n) is 2.07. The molecule has 0 radical (unpaired) electrons. The zero-order valence-corrected chi connectivity index (χ0v) is 9.67. The molecule has 0 amide bonds. The van der Waals surface area contributed by atoms with E-state index in [4.69, 9.17) is 14.5 Å². The first kappa shape index (κ1) is 10.7. The number of hydrogen-bond acceptors (Lipinski definition) is 6. The molecule has 1 saturated heterocycles. The van der Waals surface area contributed by atoms with Gasteiger partial charge in [-0.2, -0.15) is 10.2 Å². The van der Waals surface area contributed by atoms with Crippen LogP contribution in [0.15, 0.2) is 4.52 Å². The first-order valence-corrected chi connectivity index (χ1v) is 5.81. The Balaban J connectivity index is 1.70. The summed E-state index contributed by atoms with van der Waals surface area (Å²) >= 11 is 0. The summed E-state index contributed by atoms with van der Waals surface area (Å²) in [7, 11) is 2.04. The lowest BCUT2D eigenvalue weighted by molar-refractivity contribution is -0.0264. The van der Waals surface area contributed by atoms with Crippen molar-refractivity contribution in [1.82, 2.24) is 15.0 Å². The average molecular weight is 234 g/mol. The summed E-state index contributed by atoms with van der Waals surface area (Å²) in [5, 5.41) is 12.7. The van der Waals surface area contributed by atoms with Crippen LogP contribution in [0, 0.1) is 17.2 Å². The van der Waals surface area contributed by atoms with E-state index in [1.54, 1.807) is 0 Å². The van der Waals surface area contributed by atoms with Crippen LogP contribution in [0.2, 0.25) is 0 Å². The maximum absolute atomic E-state index is 8.76. The maximum atomic E-state index is 8.76. The van der Waals surface area contributed by atoms with Crippen LogP contribution in [0.3, 0.4) is 0 Å². The van der Waals surface area contributed by atoms with Crippen molar-refractivity contribution in [2.45, 2.75) is 18.4 Å². The van der Waals surface area contributed by atoms with Crippen molar-refractivity contribution < 1.29 is 9.26 Å². The standard InChI is InChI=1S/C11H14N4O2/c1-15-2-3-16-9(6-15)10-13-11(17-14-10)8-4-7(8)5-12/h7-9H,2-4,6H2,1H3. The number of nitriles is 1. The Hall–Kier alpha value is -1.45. The second kappa shape index (κ2) is 4.09. The molecule has 6 nitrogen and oxygen atoms in total. The monoisotopic (exact) mass is 234 g/mol. The molecule has 1 aliphatic carbocycles. The Bertz CT molecular complexity index is 453. The third-order valence-electron chi connectivity index (χ3n) is 3.29. The van der Waals surface area contributed by atoms with Gasteiger partial charge in [0, 0.05) is 13.1 Å². The van der Waals surface area contributed by atoms with Crippen molar-refractivity contribution in [2.24, 2.45) is 5.92 Å². The van der Waals surface area contributed by atoms with Crippen LogP contribution >= 0.6 is 0 Å². The van der Waals surface area contributed by atoms with Gasteiger partial charge in [-0.3, -0.25) is 0 Å². The molecule has 2 fully saturated rings. The largest absolute Gasteiger partial charge is 0.367 e. The normalized spacial score (nSPS) is 33.3. The molecule has 6 heteroatoms. The van der Waals surface area contributed by atoms with Crippen LogP contribution in [0.4, 0.5) is 0 Å². The van der Waals surface area contributed by atoms with E-state index in [0.29, 0.717) is 18.3 Å². The van der Waals surface area contributed by atoms with Gasteiger partial charge >= 0.3 is 0 Å². The van der Waals surface area contributed by atoms with Gasteiger partial charge in [0.1, 0.15) is 6.10 Å². The Morgan fingerprint density at radius 3 is 3.12 bits per heavy atom. The molecule has 0 spiro atoms. The SMILES string of the molecule is CN1CCOC(c2noc(C3CC3C#N)n2)C1. The molecule has 0 N–H and O–H groups in total. The first-order valence-electron chi connectivity index (χ1n) is 5.81. The summed E-state index contributed by atoms with van der Waals surface area (Å²) in [5.41, 5.74) is 0. The van der Waals surface area contributed by atoms with E-state index in [2.05, 4.69) is 21.1 Å². The molecule has 1 aromatic heterocycles. The molecule has 17 heavy (non-hydrogen) atoms. The molecule has 90 valence electrons. The number of rotatable bonds is 2. The molecule has 1 aromatic rings. The van der Waals surface area contributed by atoms with Gasteiger partial charge in [0.2, 0.25) is 11.7 Å². The highest BCUT2D eigenvalue weighted by atomic mass is 16.5. The third-order valence-corrected chi connectivity index (χ3v) is 3.29. The van der Waals surface area contributed by atoms with E-state index < -0.39 is 0 Å². The average Bonchev–Trinajstić information content (AvgIpc) is 2.97.